The molecule has 0 aliphatic rings. The first-order valence-electron chi connectivity index (χ1n) is 8.79. The Bertz CT molecular complexity index is 1220. The van der Waals surface area contributed by atoms with E-state index in [2.05, 4.69) is 26.3 Å². The van der Waals surface area contributed by atoms with Gasteiger partial charge in [-0.05, 0) is 54.4 Å². The van der Waals surface area contributed by atoms with Crippen molar-refractivity contribution >= 4 is 26.8 Å². The zero-order valence-electron chi connectivity index (χ0n) is 15.1. The summed E-state index contributed by atoms with van der Waals surface area (Å²) < 4.78 is 16.8. The van der Waals surface area contributed by atoms with Gasteiger partial charge >= 0.3 is 0 Å². The van der Waals surface area contributed by atoms with Crippen LogP contribution >= 0.6 is 15.9 Å². The fourth-order valence-electron chi connectivity index (χ4n) is 3.04. The van der Waals surface area contributed by atoms with Gasteiger partial charge in [0.05, 0.1) is 23.0 Å². The molecule has 1 N–H and O–H groups in total. The predicted octanol–water partition coefficient (Wildman–Crippen LogP) is 5.02. The SMILES string of the molecule is Cc1ccc2c(=O)n(NCc3ccc(Br)cc3)c(-c3ccccc3F)nc2c1. The van der Waals surface area contributed by atoms with Gasteiger partial charge in [-0.25, -0.2) is 14.1 Å². The van der Waals surface area contributed by atoms with E-state index < -0.39 is 5.82 Å². The average Bonchev–Trinajstić information content (AvgIpc) is 2.68. The number of hydrogen-bond acceptors (Lipinski definition) is 3. The first-order valence-corrected chi connectivity index (χ1v) is 9.59. The van der Waals surface area contributed by atoms with Crippen molar-refractivity contribution in [3.05, 3.63) is 98.5 Å². The van der Waals surface area contributed by atoms with E-state index in [0.717, 1.165) is 15.6 Å². The predicted molar refractivity (Wildman–Crippen MR) is 113 cm³/mol. The van der Waals surface area contributed by atoms with Gasteiger partial charge in [0.2, 0.25) is 0 Å². The molecule has 0 saturated carbocycles. The lowest BCUT2D eigenvalue weighted by molar-refractivity contribution is 0.627. The van der Waals surface area contributed by atoms with Crippen LogP contribution in [0.3, 0.4) is 0 Å². The number of fused-ring (bicyclic) bond motifs is 1. The van der Waals surface area contributed by atoms with Crippen molar-refractivity contribution in [2.75, 3.05) is 5.43 Å². The maximum atomic E-state index is 14.5. The standard InChI is InChI=1S/C22H17BrFN3O/c1-14-6-11-18-20(12-14)26-21(17-4-2-3-5-19(17)24)27(22(18)28)25-13-15-7-9-16(23)10-8-15/h2-12,25H,13H2,1H3. The van der Waals surface area contributed by atoms with Crippen molar-refractivity contribution in [3.8, 4) is 11.4 Å². The van der Waals surface area contributed by atoms with E-state index >= 15 is 0 Å². The first kappa shape index (κ1) is 18.4. The minimum Gasteiger partial charge on any atom is -0.317 e. The Hall–Kier alpha value is -2.99. The summed E-state index contributed by atoms with van der Waals surface area (Å²) in [6, 6.07) is 19.5. The maximum Gasteiger partial charge on any atom is 0.280 e. The number of halogens is 2. The zero-order valence-corrected chi connectivity index (χ0v) is 16.7. The highest BCUT2D eigenvalue weighted by atomic mass is 79.9. The molecule has 0 unspecified atom stereocenters. The molecule has 4 nitrogen and oxygen atoms in total. The third-order valence-corrected chi connectivity index (χ3v) is 5.02. The summed E-state index contributed by atoms with van der Waals surface area (Å²) in [7, 11) is 0. The molecule has 140 valence electrons. The van der Waals surface area contributed by atoms with Crippen LogP contribution in [0.4, 0.5) is 4.39 Å². The van der Waals surface area contributed by atoms with Crippen molar-refractivity contribution in [2.24, 2.45) is 0 Å². The lowest BCUT2D eigenvalue weighted by Crippen LogP contribution is -2.31. The van der Waals surface area contributed by atoms with Gasteiger partial charge in [-0.3, -0.25) is 4.79 Å². The largest absolute Gasteiger partial charge is 0.317 e. The Morgan fingerprint density at radius 3 is 2.57 bits per heavy atom. The molecule has 1 aromatic heterocycles. The summed E-state index contributed by atoms with van der Waals surface area (Å²) >= 11 is 3.41. The Morgan fingerprint density at radius 1 is 1.07 bits per heavy atom. The van der Waals surface area contributed by atoms with Gasteiger partial charge in [0, 0.05) is 4.47 Å². The Morgan fingerprint density at radius 2 is 1.82 bits per heavy atom. The Labute approximate surface area is 169 Å². The van der Waals surface area contributed by atoms with Crippen LogP contribution in [0.5, 0.6) is 0 Å². The lowest BCUT2D eigenvalue weighted by atomic mass is 10.1. The van der Waals surface area contributed by atoms with E-state index in [1.54, 1.807) is 24.3 Å². The highest BCUT2D eigenvalue weighted by Crippen LogP contribution is 2.22. The van der Waals surface area contributed by atoms with Gasteiger partial charge in [-0.15, -0.1) is 0 Å². The second-order valence-electron chi connectivity index (χ2n) is 6.54. The van der Waals surface area contributed by atoms with Crippen LogP contribution in [-0.2, 0) is 6.54 Å². The highest BCUT2D eigenvalue weighted by molar-refractivity contribution is 9.10. The highest BCUT2D eigenvalue weighted by Gasteiger charge is 2.16. The van der Waals surface area contributed by atoms with Crippen LogP contribution < -0.4 is 11.0 Å². The third-order valence-electron chi connectivity index (χ3n) is 4.49. The van der Waals surface area contributed by atoms with E-state index in [4.69, 9.17) is 0 Å². The molecule has 0 saturated heterocycles. The number of aryl methyl sites for hydroxylation is 1. The van der Waals surface area contributed by atoms with Crippen LogP contribution in [-0.4, -0.2) is 9.66 Å². The number of nitrogens with zero attached hydrogens (tertiary/aromatic N) is 2. The first-order chi connectivity index (χ1) is 13.5. The maximum absolute atomic E-state index is 14.5. The van der Waals surface area contributed by atoms with Crippen molar-refractivity contribution in [1.29, 1.82) is 0 Å². The van der Waals surface area contributed by atoms with Gasteiger partial charge in [0.25, 0.3) is 5.56 Å². The minimum atomic E-state index is -0.430. The zero-order chi connectivity index (χ0) is 19.7. The summed E-state index contributed by atoms with van der Waals surface area (Å²) in [5, 5.41) is 0.481. The molecular formula is C22H17BrFN3O. The number of benzene rings is 3. The quantitative estimate of drug-likeness (QED) is 0.487. The van der Waals surface area contributed by atoms with Crippen LogP contribution in [0, 0.1) is 12.7 Å². The molecule has 4 aromatic rings. The fraction of sp³-hybridized carbons (Fsp3) is 0.0909. The van der Waals surface area contributed by atoms with E-state index in [1.165, 1.54) is 10.7 Å². The molecule has 28 heavy (non-hydrogen) atoms. The number of hydrogen-bond donors (Lipinski definition) is 1. The Kier molecular flexibility index (Phi) is 4.96. The van der Waals surface area contributed by atoms with Crippen molar-refractivity contribution < 1.29 is 4.39 Å². The molecule has 0 atom stereocenters. The van der Waals surface area contributed by atoms with E-state index in [-0.39, 0.29) is 16.9 Å². The molecule has 0 aliphatic heterocycles. The summed E-state index contributed by atoms with van der Waals surface area (Å²) in [5.41, 5.74) is 5.63. The third kappa shape index (κ3) is 3.55. The van der Waals surface area contributed by atoms with Gasteiger partial charge in [0.15, 0.2) is 5.82 Å². The van der Waals surface area contributed by atoms with Gasteiger partial charge < -0.3 is 5.43 Å². The van der Waals surface area contributed by atoms with Crippen molar-refractivity contribution in [3.63, 3.8) is 0 Å². The number of nitrogens with one attached hydrogen (secondary N) is 1. The normalized spacial score (nSPS) is 11.0. The number of rotatable bonds is 4. The van der Waals surface area contributed by atoms with E-state index in [0.29, 0.717) is 17.4 Å². The molecule has 0 amide bonds. The summed E-state index contributed by atoms with van der Waals surface area (Å²) in [6.07, 6.45) is 0. The van der Waals surface area contributed by atoms with E-state index in [1.807, 2.05) is 43.3 Å². The molecule has 6 heteroatoms. The van der Waals surface area contributed by atoms with Crippen LogP contribution in [0.2, 0.25) is 0 Å². The monoisotopic (exact) mass is 437 g/mol. The van der Waals surface area contributed by atoms with E-state index in [9.17, 15) is 9.18 Å². The molecule has 4 rings (SSSR count). The van der Waals surface area contributed by atoms with Gasteiger partial charge in [-0.2, -0.15) is 0 Å². The summed E-state index contributed by atoms with van der Waals surface area (Å²) in [6.45, 7) is 2.33. The molecule has 0 aliphatic carbocycles. The Balaban J connectivity index is 1.87. The van der Waals surface area contributed by atoms with Crippen molar-refractivity contribution in [2.45, 2.75) is 13.5 Å². The smallest absolute Gasteiger partial charge is 0.280 e. The average molecular weight is 438 g/mol. The summed E-state index contributed by atoms with van der Waals surface area (Å²) in [5.74, 6) is -0.182. The number of aromatic nitrogens is 2. The van der Waals surface area contributed by atoms with Crippen LogP contribution in [0.1, 0.15) is 11.1 Å². The molecule has 1 heterocycles. The second kappa shape index (κ2) is 7.56. The van der Waals surface area contributed by atoms with Gasteiger partial charge in [-0.1, -0.05) is 46.3 Å². The van der Waals surface area contributed by atoms with Crippen molar-refractivity contribution in [1.82, 2.24) is 9.66 Å². The topological polar surface area (TPSA) is 46.9 Å². The minimum absolute atomic E-state index is 0.248. The molecule has 0 fully saturated rings. The molecule has 0 radical (unpaired) electrons. The van der Waals surface area contributed by atoms with Crippen LogP contribution in [0.25, 0.3) is 22.3 Å². The fourth-order valence-corrected chi connectivity index (χ4v) is 3.30. The molecular weight excluding hydrogens is 421 g/mol. The second-order valence-corrected chi connectivity index (χ2v) is 7.45. The van der Waals surface area contributed by atoms with Gasteiger partial charge in [0.1, 0.15) is 5.82 Å². The molecule has 0 spiro atoms. The molecule has 3 aromatic carbocycles. The lowest BCUT2D eigenvalue weighted by Gasteiger charge is -2.16. The molecule has 0 bridgehead atoms. The van der Waals surface area contributed by atoms with Crippen LogP contribution in [0.15, 0.2) is 76.0 Å². The summed E-state index contributed by atoms with van der Waals surface area (Å²) in [4.78, 5) is 17.8.